The average Bonchev–Trinajstić information content (AvgIpc) is 2.15. The van der Waals surface area contributed by atoms with Crippen molar-refractivity contribution in [3.63, 3.8) is 0 Å². The molecule has 96 valence electrons. The van der Waals surface area contributed by atoms with Crippen molar-refractivity contribution >= 4 is 15.8 Å². The zero-order chi connectivity index (χ0) is 13.1. The Morgan fingerprint density at radius 2 is 1.94 bits per heavy atom. The fraction of sp³-hybridized carbons (Fsp3) is 0.455. The average molecular weight is 260 g/mol. The Hall–Kier alpha value is -1.11. The van der Waals surface area contributed by atoms with Crippen LogP contribution < -0.4 is 4.48 Å². The molecule has 0 unspecified atom stereocenters. The maximum absolute atomic E-state index is 10.6. The molecule has 0 atom stereocenters. The third-order valence-corrected chi connectivity index (χ3v) is 3.45. The number of aromatic hydroxyl groups is 1. The second-order valence-corrected chi connectivity index (χ2v) is 6.14. The van der Waals surface area contributed by atoms with Crippen molar-refractivity contribution in [2.24, 2.45) is 0 Å². The Bertz CT molecular complexity index is 482. The molecule has 0 saturated heterocycles. The number of quaternary nitrogens is 1. The van der Waals surface area contributed by atoms with E-state index in [9.17, 15) is 13.5 Å². The molecular weight excluding hydrogens is 242 g/mol. The molecule has 0 spiro atoms. The topological polar surface area (TPSA) is 74.6 Å². The maximum atomic E-state index is 10.6. The molecule has 6 heteroatoms. The number of hydrogen-bond donors (Lipinski definition) is 2. The molecule has 0 amide bonds. The van der Waals surface area contributed by atoms with Crippen molar-refractivity contribution in [1.82, 2.24) is 4.48 Å². The number of benzene rings is 1. The molecule has 0 heterocycles. The molecule has 0 aliphatic rings. The van der Waals surface area contributed by atoms with Crippen LogP contribution in [0.5, 0.6) is 5.75 Å². The number of phenols is 1. The lowest BCUT2D eigenvalue weighted by molar-refractivity contribution is 0.391. The lowest BCUT2D eigenvalue weighted by Crippen LogP contribution is -2.41. The van der Waals surface area contributed by atoms with Crippen LogP contribution in [0.4, 0.5) is 5.69 Å². The van der Waals surface area contributed by atoms with E-state index in [0.29, 0.717) is 17.4 Å². The van der Waals surface area contributed by atoms with Gasteiger partial charge in [0, 0.05) is 12.5 Å². The number of nitrogens with zero attached hydrogens (tertiary/aromatic N) is 1. The summed E-state index contributed by atoms with van der Waals surface area (Å²) in [7, 11) is -0.0654. The zero-order valence-corrected chi connectivity index (χ0v) is 10.8. The van der Waals surface area contributed by atoms with E-state index in [2.05, 4.69) is 0 Å². The van der Waals surface area contributed by atoms with Gasteiger partial charge in [0.15, 0.2) is 0 Å². The van der Waals surface area contributed by atoms with Gasteiger partial charge in [-0.15, -0.1) is 0 Å². The van der Waals surface area contributed by atoms with E-state index < -0.39 is 10.1 Å². The van der Waals surface area contributed by atoms with Crippen LogP contribution in [0.2, 0.25) is 0 Å². The minimum atomic E-state index is -3.90. The Morgan fingerprint density at radius 3 is 2.47 bits per heavy atom. The summed E-state index contributed by atoms with van der Waals surface area (Å²) in [5.41, 5.74) is 0.889. The van der Waals surface area contributed by atoms with Crippen molar-refractivity contribution in [1.29, 1.82) is 0 Å². The lowest BCUT2D eigenvalue weighted by Gasteiger charge is -2.29. The van der Waals surface area contributed by atoms with Gasteiger partial charge >= 0.3 is 0 Å². The number of hydrogen-bond acceptors (Lipinski definition) is 3. The summed E-state index contributed by atoms with van der Waals surface area (Å²) in [6.45, 7) is 0.559. The van der Waals surface area contributed by atoms with Crippen molar-refractivity contribution in [3.05, 3.63) is 24.3 Å². The van der Waals surface area contributed by atoms with Gasteiger partial charge in [0.05, 0.1) is 26.4 Å². The van der Waals surface area contributed by atoms with E-state index in [1.54, 1.807) is 18.2 Å². The highest BCUT2D eigenvalue weighted by Gasteiger charge is 2.20. The third-order valence-electron chi connectivity index (χ3n) is 2.65. The predicted molar refractivity (Wildman–Crippen MR) is 67.6 cm³/mol. The van der Waals surface area contributed by atoms with Crippen LogP contribution in [-0.4, -0.2) is 44.5 Å². The summed E-state index contributed by atoms with van der Waals surface area (Å²) in [5.74, 6) is -0.0588. The van der Waals surface area contributed by atoms with Crippen LogP contribution >= 0.6 is 0 Å². The summed E-state index contributed by atoms with van der Waals surface area (Å²) in [4.78, 5) is 0. The van der Waals surface area contributed by atoms with Crippen LogP contribution in [-0.2, 0) is 10.1 Å². The first-order valence-corrected chi connectivity index (χ1v) is 6.89. The quantitative estimate of drug-likeness (QED) is 0.617. The summed E-state index contributed by atoms with van der Waals surface area (Å²) < 4.78 is 30.3. The van der Waals surface area contributed by atoms with Crippen molar-refractivity contribution in [2.45, 2.75) is 6.42 Å². The third kappa shape index (κ3) is 4.72. The van der Waals surface area contributed by atoms with E-state index in [4.69, 9.17) is 4.55 Å². The molecule has 0 aliphatic heterocycles. The highest BCUT2D eigenvalue weighted by Crippen LogP contribution is 2.23. The van der Waals surface area contributed by atoms with Crippen LogP contribution in [0.1, 0.15) is 6.42 Å². The first kappa shape index (κ1) is 14.0. The van der Waals surface area contributed by atoms with Crippen molar-refractivity contribution < 1.29 is 18.1 Å². The Morgan fingerprint density at radius 1 is 1.29 bits per heavy atom. The molecule has 0 saturated carbocycles. The molecule has 1 rings (SSSR count). The smallest absolute Gasteiger partial charge is 0.265 e. The van der Waals surface area contributed by atoms with Gasteiger partial charge in [-0.3, -0.25) is 9.04 Å². The minimum absolute atomic E-state index is 0.184. The molecular formula is C11H18NO4S+. The molecule has 5 nitrogen and oxygen atoms in total. The Kier molecular flexibility index (Phi) is 4.13. The van der Waals surface area contributed by atoms with Crippen LogP contribution in [0.15, 0.2) is 24.3 Å². The van der Waals surface area contributed by atoms with E-state index in [1.807, 2.05) is 20.2 Å². The maximum Gasteiger partial charge on any atom is 0.265 e. The second kappa shape index (κ2) is 5.03. The number of phenolic OH excluding ortho intramolecular Hbond substituents is 1. The van der Waals surface area contributed by atoms with Crippen LogP contribution in [0, 0.1) is 0 Å². The molecule has 2 N–H and O–H groups in total. The van der Waals surface area contributed by atoms with Gasteiger partial charge in [-0.1, -0.05) is 6.07 Å². The molecule has 0 fully saturated rings. The molecule has 17 heavy (non-hydrogen) atoms. The van der Waals surface area contributed by atoms with E-state index in [-0.39, 0.29) is 11.5 Å². The van der Waals surface area contributed by atoms with Crippen molar-refractivity contribution in [3.8, 4) is 5.75 Å². The van der Waals surface area contributed by atoms with E-state index >= 15 is 0 Å². The zero-order valence-electron chi connectivity index (χ0n) is 10.00. The molecule has 0 aliphatic carbocycles. The van der Waals surface area contributed by atoms with Gasteiger partial charge in [-0.25, -0.2) is 0 Å². The Balaban J connectivity index is 2.69. The molecule has 1 aromatic rings. The van der Waals surface area contributed by atoms with Gasteiger partial charge in [0.2, 0.25) is 0 Å². The first-order valence-electron chi connectivity index (χ1n) is 5.28. The normalized spacial score (nSPS) is 12.6. The predicted octanol–water partition coefficient (Wildman–Crippen LogP) is 1.24. The van der Waals surface area contributed by atoms with E-state index in [1.165, 1.54) is 0 Å². The lowest BCUT2D eigenvalue weighted by atomic mass is 10.2. The van der Waals surface area contributed by atoms with Gasteiger partial charge in [-0.2, -0.15) is 8.42 Å². The monoisotopic (exact) mass is 260 g/mol. The SMILES string of the molecule is C[N+](C)(CCCS(=O)(=O)O)c1cccc(O)c1. The number of rotatable bonds is 5. The second-order valence-electron chi connectivity index (χ2n) is 4.57. The summed E-state index contributed by atoms with van der Waals surface area (Å²) in [5, 5.41) is 9.39. The van der Waals surface area contributed by atoms with Crippen molar-refractivity contribution in [2.75, 3.05) is 26.4 Å². The fourth-order valence-electron chi connectivity index (χ4n) is 1.64. The fourth-order valence-corrected chi connectivity index (χ4v) is 2.13. The highest BCUT2D eigenvalue weighted by atomic mass is 32.2. The Labute approximate surface area is 102 Å². The minimum Gasteiger partial charge on any atom is -0.508 e. The van der Waals surface area contributed by atoms with Gasteiger partial charge in [-0.05, 0) is 12.1 Å². The highest BCUT2D eigenvalue weighted by molar-refractivity contribution is 7.85. The first-order chi connectivity index (χ1) is 7.71. The summed E-state index contributed by atoms with van der Waals surface area (Å²) in [6, 6.07) is 6.84. The van der Waals surface area contributed by atoms with Crippen LogP contribution in [0.25, 0.3) is 0 Å². The molecule has 0 aromatic heterocycles. The largest absolute Gasteiger partial charge is 0.508 e. The van der Waals surface area contributed by atoms with E-state index in [0.717, 1.165) is 5.69 Å². The van der Waals surface area contributed by atoms with Gasteiger partial charge in [0.25, 0.3) is 10.1 Å². The van der Waals surface area contributed by atoms with Gasteiger partial charge < -0.3 is 5.11 Å². The van der Waals surface area contributed by atoms with Crippen LogP contribution in [0.3, 0.4) is 0 Å². The van der Waals surface area contributed by atoms with Gasteiger partial charge in [0.1, 0.15) is 11.4 Å². The summed E-state index contributed by atoms with van der Waals surface area (Å²) >= 11 is 0. The molecule has 0 bridgehead atoms. The molecule has 0 radical (unpaired) electrons. The standard InChI is InChI=1S/C11H17NO4S/c1-12(2,7-4-8-17(14,15)16)10-5-3-6-11(13)9-10/h3,5-6,9H,4,7-8H2,1-2H3,(H-,13,14,15,16)/p+1. The summed E-state index contributed by atoms with van der Waals surface area (Å²) in [6.07, 6.45) is 0.363. The molecule has 1 aromatic carbocycles.